The molecular formula is C8H12O2S. The van der Waals surface area contributed by atoms with Crippen molar-refractivity contribution in [3.8, 4) is 0 Å². The number of ether oxygens (including phenoxy) is 1. The number of esters is 1. The van der Waals surface area contributed by atoms with E-state index in [1.54, 1.807) is 6.92 Å². The quantitative estimate of drug-likeness (QED) is 0.479. The lowest BCUT2D eigenvalue weighted by molar-refractivity contribution is -0.147. The Hall–Kier alpha value is -0.440. The van der Waals surface area contributed by atoms with E-state index in [0.717, 1.165) is 17.7 Å². The van der Waals surface area contributed by atoms with Crippen LogP contribution in [0.1, 0.15) is 26.7 Å². The molecule has 62 valence electrons. The Labute approximate surface area is 71.9 Å². The van der Waals surface area contributed by atoms with Crippen LogP contribution in [0, 0.1) is 5.41 Å². The molecule has 2 nitrogen and oxygen atoms in total. The van der Waals surface area contributed by atoms with Crippen LogP contribution in [0.15, 0.2) is 0 Å². The largest absolute Gasteiger partial charge is 0.460 e. The van der Waals surface area contributed by atoms with Crippen LogP contribution in [0.25, 0.3) is 0 Å². The summed E-state index contributed by atoms with van der Waals surface area (Å²) in [4.78, 5) is 11.9. The monoisotopic (exact) mass is 172 g/mol. The first-order chi connectivity index (χ1) is 5.04. The van der Waals surface area contributed by atoms with Crippen molar-refractivity contribution in [3.05, 3.63) is 0 Å². The van der Waals surface area contributed by atoms with Gasteiger partial charge in [0.15, 0.2) is 0 Å². The fraction of sp³-hybridized carbons (Fsp3) is 0.750. The summed E-state index contributed by atoms with van der Waals surface area (Å²) < 4.78 is 4.95. The van der Waals surface area contributed by atoms with Gasteiger partial charge in [0, 0.05) is 4.86 Å². The third-order valence-corrected chi connectivity index (χ3v) is 2.02. The number of carbonyl (C=O) groups is 1. The molecule has 0 radical (unpaired) electrons. The summed E-state index contributed by atoms with van der Waals surface area (Å²) in [6.07, 6.45) is 1.92. The molecule has 0 N–H and O–H groups in total. The number of hydrogen-bond donors (Lipinski definition) is 0. The summed E-state index contributed by atoms with van der Waals surface area (Å²) in [7, 11) is 0. The molecule has 1 rings (SSSR count). The highest BCUT2D eigenvalue weighted by Gasteiger charge is 2.46. The summed E-state index contributed by atoms with van der Waals surface area (Å²) in [6, 6.07) is 0. The van der Waals surface area contributed by atoms with Gasteiger partial charge in [0.1, 0.15) is 6.61 Å². The fourth-order valence-electron chi connectivity index (χ4n) is 0.733. The fourth-order valence-corrected chi connectivity index (χ4v) is 0.792. The molecule has 0 heterocycles. The maximum atomic E-state index is 11.1. The van der Waals surface area contributed by atoms with Crippen molar-refractivity contribution < 1.29 is 9.53 Å². The molecule has 0 aromatic carbocycles. The molecule has 1 aliphatic carbocycles. The number of carbonyl (C=O) groups excluding carboxylic acids is 1. The Balaban J connectivity index is 2.27. The van der Waals surface area contributed by atoms with E-state index in [1.165, 1.54) is 0 Å². The van der Waals surface area contributed by atoms with E-state index < -0.39 is 0 Å². The van der Waals surface area contributed by atoms with Crippen LogP contribution in [0.5, 0.6) is 0 Å². The van der Waals surface area contributed by atoms with Gasteiger partial charge < -0.3 is 4.74 Å². The summed E-state index contributed by atoms with van der Waals surface area (Å²) in [5.41, 5.74) is -0.176. The average molecular weight is 172 g/mol. The highest BCUT2D eigenvalue weighted by atomic mass is 32.1. The summed E-state index contributed by atoms with van der Waals surface area (Å²) >= 11 is 4.78. The van der Waals surface area contributed by atoms with Gasteiger partial charge in [0.05, 0.1) is 5.41 Å². The maximum absolute atomic E-state index is 11.1. The van der Waals surface area contributed by atoms with E-state index in [-0.39, 0.29) is 11.4 Å². The van der Waals surface area contributed by atoms with E-state index in [4.69, 9.17) is 17.0 Å². The van der Waals surface area contributed by atoms with Crippen molar-refractivity contribution >= 4 is 23.1 Å². The van der Waals surface area contributed by atoms with Crippen molar-refractivity contribution in [1.29, 1.82) is 0 Å². The molecule has 0 saturated heterocycles. The second kappa shape index (κ2) is 2.89. The lowest BCUT2D eigenvalue weighted by Crippen LogP contribution is -2.18. The topological polar surface area (TPSA) is 26.3 Å². The van der Waals surface area contributed by atoms with Crippen LogP contribution < -0.4 is 0 Å². The Morgan fingerprint density at radius 1 is 1.64 bits per heavy atom. The molecule has 3 heteroatoms. The average Bonchev–Trinajstić information content (AvgIpc) is 2.64. The first kappa shape index (κ1) is 8.65. The minimum atomic E-state index is -0.176. The molecular weight excluding hydrogens is 160 g/mol. The molecule has 1 fully saturated rings. The smallest absolute Gasteiger partial charge is 0.312 e. The number of rotatable bonds is 3. The van der Waals surface area contributed by atoms with Crippen LogP contribution in [-0.4, -0.2) is 17.4 Å². The number of hydrogen-bond acceptors (Lipinski definition) is 3. The van der Waals surface area contributed by atoms with Crippen molar-refractivity contribution in [2.45, 2.75) is 26.7 Å². The van der Waals surface area contributed by atoms with Crippen LogP contribution in [0.2, 0.25) is 0 Å². The molecule has 0 aromatic heterocycles. The van der Waals surface area contributed by atoms with E-state index in [9.17, 15) is 4.79 Å². The SMILES string of the molecule is CC(=S)COC(=O)C1(C)CC1. The van der Waals surface area contributed by atoms with Crippen LogP contribution in [0.4, 0.5) is 0 Å². The third-order valence-electron chi connectivity index (χ3n) is 1.90. The van der Waals surface area contributed by atoms with Gasteiger partial charge in [-0.2, -0.15) is 0 Å². The van der Waals surface area contributed by atoms with Gasteiger partial charge in [-0.15, -0.1) is 0 Å². The molecule has 0 spiro atoms. The van der Waals surface area contributed by atoms with Gasteiger partial charge in [-0.05, 0) is 26.7 Å². The highest BCUT2D eigenvalue weighted by Crippen LogP contribution is 2.45. The van der Waals surface area contributed by atoms with Gasteiger partial charge in [-0.25, -0.2) is 0 Å². The summed E-state index contributed by atoms with van der Waals surface area (Å²) in [6.45, 7) is 4.00. The second-order valence-electron chi connectivity index (χ2n) is 3.34. The summed E-state index contributed by atoms with van der Waals surface area (Å²) in [5, 5.41) is 0. The molecule has 0 atom stereocenters. The highest BCUT2D eigenvalue weighted by molar-refractivity contribution is 7.80. The molecule has 0 aromatic rings. The molecule has 11 heavy (non-hydrogen) atoms. The maximum Gasteiger partial charge on any atom is 0.312 e. The molecule has 1 aliphatic rings. The van der Waals surface area contributed by atoms with E-state index in [0.29, 0.717) is 6.61 Å². The molecule has 1 saturated carbocycles. The van der Waals surface area contributed by atoms with Crippen LogP contribution >= 0.6 is 12.2 Å². The van der Waals surface area contributed by atoms with Crippen molar-refractivity contribution in [2.24, 2.45) is 5.41 Å². The Bertz CT molecular complexity index is 194. The first-order valence-corrected chi connectivity index (χ1v) is 4.12. The third kappa shape index (κ3) is 2.26. The minimum Gasteiger partial charge on any atom is -0.460 e. The Kier molecular flexibility index (Phi) is 2.28. The van der Waals surface area contributed by atoms with E-state index in [1.807, 2.05) is 6.92 Å². The molecule has 0 bridgehead atoms. The molecule has 0 amide bonds. The van der Waals surface area contributed by atoms with Gasteiger partial charge in [-0.3, -0.25) is 4.79 Å². The summed E-state index contributed by atoms with van der Waals surface area (Å²) in [5.74, 6) is -0.0956. The van der Waals surface area contributed by atoms with Crippen molar-refractivity contribution in [2.75, 3.05) is 6.61 Å². The van der Waals surface area contributed by atoms with Crippen LogP contribution in [-0.2, 0) is 9.53 Å². The zero-order valence-corrected chi connectivity index (χ0v) is 7.66. The zero-order valence-electron chi connectivity index (χ0n) is 6.85. The predicted molar refractivity (Wildman–Crippen MR) is 46.6 cm³/mol. The van der Waals surface area contributed by atoms with Gasteiger partial charge in [0.25, 0.3) is 0 Å². The molecule has 0 aliphatic heterocycles. The second-order valence-corrected chi connectivity index (χ2v) is 4.04. The zero-order chi connectivity index (χ0) is 8.48. The Morgan fingerprint density at radius 2 is 2.18 bits per heavy atom. The first-order valence-electron chi connectivity index (χ1n) is 3.71. The molecule has 0 unspecified atom stereocenters. The van der Waals surface area contributed by atoms with E-state index >= 15 is 0 Å². The lowest BCUT2D eigenvalue weighted by Gasteiger charge is -2.07. The van der Waals surface area contributed by atoms with Crippen molar-refractivity contribution in [1.82, 2.24) is 0 Å². The van der Waals surface area contributed by atoms with E-state index in [2.05, 4.69) is 0 Å². The lowest BCUT2D eigenvalue weighted by atomic mass is 10.1. The standard InChI is InChI=1S/C8H12O2S/c1-6(11)5-10-7(9)8(2)3-4-8/h3-5H2,1-2H3. The van der Waals surface area contributed by atoms with Crippen LogP contribution in [0.3, 0.4) is 0 Å². The Morgan fingerprint density at radius 3 is 2.55 bits per heavy atom. The van der Waals surface area contributed by atoms with Gasteiger partial charge in [0.2, 0.25) is 0 Å². The minimum absolute atomic E-state index is 0.0956. The normalized spacial score (nSPS) is 19.1. The predicted octanol–water partition coefficient (Wildman–Crippen LogP) is 1.72. The number of thiocarbonyl (C=S) groups is 1. The van der Waals surface area contributed by atoms with Gasteiger partial charge in [-0.1, -0.05) is 12.2 Å². The van der Waals surface area contributed by atoms with Gasteiger partial charge >= 0.3 is 5.97 Å². The van der Waals surface area contributed by atoms with Crippen molar-refractivity contribution in [3.63, 3.8) is 0 Å².